The highest BCUT2D eigenvalue weighted by Crippen LogP contribution is 2.36. The van der Waals surface area contributed by atoms with Gasteiger partial charge in [-0.15, -0.1) is 23.1 Å². The SMILES string of the molecule is Cc1ccc(C)c(Cn2cc(SCC(=O)N3N=C(c4cccs4)C[C@H]3c3ccc(F)cc3)c3ccccc32)c1. The predicted molar refractivity (Wildman–Crippen MR) is 159 cm³/mol. The second-order valence-corrected chi connectivity index (χ2v) is 11.9. The van der Waals surface area contributed by atoms with Gasteiger partial charge in [0.2, 0.25) is 0 Å². The Bertz CT molecular complexity index is 1670. The molecule has 1 aliphatic rings. The van der Waals surface area contributed by atoms with Crippen molar-refractivity contribution in [3.63, 3.8) is 0 Å². The van der Waals surface area contributed by atoms with Gasteiger partial charge in [0, 0.05) is 35.0 Å². The monoisotopic (exact) mass is 553 g/mol. The van der Waals surface area contributed by atoms with Crippen LogP contribution in [0.2, 0.25) is 0 Å². The van der Waals surface area contributed by atoms with Gasteiger partial charge in [-0.2, -0.15) is 5.10 Å². The summed E-state index contributed by atoms with van der Waals surface area (Å²) in [6, 6.07) is 25.1. The summed E-state index contributed by atoms with van der Waals surface area (Å²) in [6.07, 6.45) is 2.77. The van der Waals surface area contributed by atoms with Gasteiger partial charge in [-0.3, -0.25) is 4.79 Å². The number of hydrogen-bond donors (Lipinski definition) is 0. The lowest BCUT2D eigenvalue weighted by Crippen LogP contribution is -2.28. The van der Waals surface area contributed by atoms with Gasteiger partial charge in [0.25, 0.3) is 5.91 Å². The van der Waals surface area contributed by atoms with E-state index in [1.807, 2.05) is 23.6 Å². The molecule has 0 radical (unpaired) electrons. The lowest BCUT2D eigenvalue weighted by Gasteiger charge is -2.22. The molecule has 1 aliphatic heterocycles. The van der Waals surface area contributed by atoms with Crippen LogP contribution in [0.4, 0.5) is 4.39 Å². The summed E-state index contributed by atoms with van der Waals surface area (Å²) < 4.78 is 15.9. The lowest BCUT2D eigenvalue weighted by atomic mass is 10.0. The normalized spacial score (nSPS) is 15.2. The summed E-state index contributed by atoms with van der Waals surface area (Å²) in [4.78, 5) is 15.7. The highest BCUT2D eigenvalue weighted by atomic mass is 32.2. The number of carbonyl (C=O) groups is 1. The zero-order valence-electron chi connectivity index (χ0n) is 21.8. The summed E-state index contributed by atoms with van der Waals surface area (Å²) >= 11 is 3.16. The molecule has 2 aromatic heterocycles. The van der Waals surface area contributed by atoms with Crippen LogP contribution in [0.25, 0.3) is 10.9 Å². The third-order valence-corrected chi connectivity index (χ3v) is 9.12. The van der Waals surface area contributed by atoms with Crippen molar-refractivity contribution < 1.29 is 9.18 Å². The average Bonchev–Trinajstić information content (AvgIpc) is 3.69. The van der Waals surface area contributed by atoms with Gasteiger partial charge in [-0.05, 0) is 60.2 Å². The molecule has 1 amide bonds. The van der Waals surface area contributed by atoms with Crippen LogP contribution in [0.5, 0.6) is 0 Å². The molecule has 196 valence electrons. The topological polar surface area (TPSA) is 37.6 Å². The van der Waals surface area contributed by atoms with Gasteiger partial charge < -0.3 is 4.57 Å². The predicted octanol–water partition coefficient (Wildman–Crippen LogP) is 7.98. The largest absolute Gasteiger partial charge is 0.342 e. The minimum Gasteiger partial charge on any atom is -0.342 e. The van der Waals surface area contributed by atoms with Crippen LogP contribution in [0, 0.1) is 19.7 Å². The summed E-state index contributed by atoms with van der Waals surface area (Å²) in [5, 5.41) is 9.52. The van der Waals surface area contributed by atoms with Crippen molar-refractivity contribution in [1.29, 1.82) is 0 Å². The third kappa shape index (κ3) is 5.29. The van der Waals surface area contributed by atoms with E-state index in [1.54, 1.807) is 40.2 Å². The molecule has 0 saturated heterocycles. The van der Waals surface area contributed by atoms with E-state index in [4.69, 9.17) is 5.10 Å². The van der Waals surface area contributed by atoms with Crippen LogP contribution in [0.3, 0.4) is 0 Å². The Balaban J connectivity index is 1.26. The Kier molecular flexibility index (Phi) is 7.11. The summed E-state index contributed by atoms with van der Waals surface area (Å²) in [6.45, 7) is 5.04. The number of rotatable bonds is 7. The van der Waals surface area contributed by atoms with Crippen molar-refractivity contribution in [2.75, 3.05) is 5.75 Å². The number of thiophene rings is 1. The summed E-state index contributed by atoms with van der Waals surface area (Å²) in [7, 11) is 0. The maximum absolute atomic E-state index is 13.6. The van der Waals surface area contributed by atoms with E-state index in [9.17, 15) is 9.18 Å². The molecule has 0 aliphatic carbocycles. The van der Waals surface area contributed by atoms with Gasteiger partial charge in [0.05, 0.1) is 22.4 Å². The molecule has 0 fully saturated rings. The van der Waals surface area contributed by atoms with E-state index in [0.717, 1.165) is 38.5 Å². The third-order valence-electron chi connectivity index (χ3n) is 7.17. The Morgan fingerprint density at radius 2 is 1.87 bits per heavy atom. The first-order valence-electron chi connectivity index (χ1n) is 12.9. The summed E-state index contributed by atoms with van der Waals surface area (Å²) in [5.74, 6) is -0.0924. The van der Waals surface area contributed by atoms with Crippen molar-refractivity contribution in [3.8, 4) is 0 Å². The van der Waals surface area contributed by atoms with Crippen molar-refractivity contribution in [2.24, 2.45) is 5.10 Å². The standard InChI is InChI=1S/C32H28FN3OS2/c1-21-9-10-22(2)24(16-21)18-35-19-31(26-6-3-4-7-28(26)35)39-20-32(37)36-29(23-11-13-25(33)14-12-23)17-27(34-36)30-8-5-15-38-30/h3-16,19,29H,17-18,20H2,1-2H3/t29-/m0/s1. The average molecular weight is 554 g/mol. The van der Waals surface area contributed by atoms with Gasteiger partial charge >= 0.3 is 0 Å². The van der Waals surface area contributed by atoms with Crippen molar-refractivity contribution >= 4 is 45.6 Å². The number of fused-ring (bicyclic) bond motifs is 1. The van der Waals surface area contributed by atoms with Crippen LogP contribution in [0.1, 0.15) is 39.6 Å². The number of aryl methyl sites for hydroxylation is 2. The fraction of sp³-hybridized carbons (Fsp3) is 0.188. The van der Waals surface area contributed by atoms with Gasteiger partial charge in [0.1, 0.15) is 5.82 Å². The van der Waals surface area contributed by atoms with Crippen LogP contribution < -0.4 is 0 Å². The Labute approximate surface area is 235 Å². The second-order valence-electron chi connectivity index (χ2n) is 9.89. The highest BCUT2D eigenvalue weighted by Gasteiger charge is 2.33. The number of amides is 1. The molecule has 0 bridgehead atoms. The molecule has 7 heteroatoms. The Hall–Kier alpha value is -3.68. The molecule has 1 atom stereocenters. The van der Waals surface area contributed by atoms with Crippen LogP contribution in [-0.4, -0.2) is 26.9 Å². The quantitative estimate of drug-likeness (QED) is 0.192. The number of halogens is 1. The van der Waals surface area contributed by atoms with Crippen LogP contribution >= 0.6 is 23.1 Å². The van der Waals surface area contributed by atoms with Gasteiger partial charge in [-0.1, -0.05) is 60.2 Å². The number of carbonyl (C=O) groups excluding carboxylic acids is 1. The highest BCUT2D eigenvalue weighted by molar-refractivity contribution is 8.00. The van der Waals surface area contributed by atoms with E-state index in [1.165, 1.54) is 28.8 Å². The number of thioether (sulfide) groups is 1. The van der Waals surface area contributed by atoms with Crippen molar-refractivity contribution in [3.05, 3.63) is 123 Å². The lowest BCUT2D eigenvalue weighted by molar-refractivity contribution is -0.130. The first kappa shape index (κ1) is 25.6. The van der Waals surface area contributed by atoms with E-state index >= 15 is 0 Å². The van der Waals surface area contributed by atoms with E-state index < -0.39 is 0 Å². The molecule has 3 aromatic carbocycles. The maximum atomic E-state index is 13.6. The van der Waals surface area contributed by atoms with Gasteiger partial charge in [0.15, 0.2) is 0 Å². The molecule has 39 heavy (non-hydrogen) atoms. The van der Waals surface area contributed by atoms with Crippen molar-refractivity contribution in [2.45, 2.75) is 37.8 Å². The number of hydrazone groups is 1. The number of nitrogens with zero attached hydrogens (tertiary/aromatic N) is 3. The molecule has 0 N–H and O–H groups in total. The molecule has 6 rings (SSSR count). The molecule has 5 aromatic rings. The van der Waals surface area contributed by atoms with Crippen LogP contribution in [0.15, 0.2) is 100 Å². The number of benzene rings is 3. The molecule has 0 saturated carbocycles. The first-order chi connectivity index (χ1) is 19.0. The van der Waals surface area contributed by atoms with E-state index in [-0.39, 0.29) is 23.5 Å². The molecule has 4 nitrogen and oxygen atoms in total. The molecular formula is C32H28FN3OS2. The maximum Gasteiger partial charge on any atom is 0.253 e. The van der Waals surface area contributed by atoms with Crippen LogP contribution in [-0.2, 0) is 11.3 Å². The fourth-order valence-electron chi connectivity index (χ4n) is 5.10. The molecule has 0 unspecified atom stereocenters. The number of aromatic nitrogens is 1. The van der Waals surface area contributed by atoms with Gasteiger partial charge in [-0.25, -0.2) is 9.40 Å². The molecular weight excluding hydrogens is 526 g/mol. The summed E-state index contributed by atoms with van der Waals surface area (Å²) in [5.41, 5.74) is 6.73. The Morgan fingerprint density at radius 1 is 1.05 bits per heavy atom. The fourth-order valence-corrected chi connectivity index (χ4v) is 6.76. The Morgan fingerprint density at radius 3 is 2.67 bits per heavy atom. The minimum atomic E-state index is -0.290. The second kappa shape index (κ2) is 10.8. The molecule has 3 heterocycles. The zero-order valence-corrected chi connectivity index (χ0v) is 23.4. The first-order valence-corrected chi connectivity index (χ1v) is 14.8. The van der Waals surface area contributed by atoms with E-state index in [2.05, 4.69) is 61.0 Å². The van der Waals surface area contributed by atoms with E-state index in [0.29, 0.717) is 6.42 Å². The number of para-hydroxylation sites is 1. The van der Waals surface area contributed by atoms with Crippen molar-refractivity contribution in [1.82, 2.24) is 9.58 Å². The number of hydrogen-bond acceptors (Lipinski definition) is 4. The zero-order chi connectivity index (χ0) is 26.9. The smallest absolute Gasteiger partial charge is 0.253 e. The minimum absolute atomic E-state index is 0.0627. The molecule has 0 spiro atoms.